The Morgan fingerprint density at radius 1 is 1.26 bits per heavy atom. The fourth-order valence-corrected chi connectivity index (χ4v) is 4.65. The van der Waals surface area contributed by atoms with Crippen LogP contribution in [-0.4, -0.2) is 40.3 Å². The van der Waals surface area contributed by atoms with Crippen LogP contribution in [0.5, 0.6) is 0 Å². The lowest BCUT2D eigenvalue weighted by atomic mass is 9.92. The highest BCUT2D eigenvalue weighted by Gasteiger charge is 2.39. The van der Waals surface area contributed by atoms with Crippen LogP contribution in [-0.2, 0) is 9.59 Å². The predicted octanol–water partition coefficient (Wildman–Crippen LogP) is 3.17. The Hall–Kier alpha value is -3.12. The van der Waals surface area contributed by atoms with Crippen LogP contribution in [0.4, 0.5) is 4.39 Å². The standard InChI is InChI=1S/C24H27ClFN5O3/c1-24(2)10-14(21(32)31-24)6-15(11-27)28-22(33)19(5-12-3-4-12)30-23(34)20-8-13-7-17(26)16(25)9-18(13)29-20/h7-9,12,14-15,19,29H,3-6,10H2,1-2H3,(H,28,33)(H,30,34)(H,31,32). The number of amides is 3. The van der Waals surface area contributed by atoms with Gasteiger partial charge in [-0.2, -0.15) is 5.26 Å². The summed E-state index contributed by atoms with van der Waals surface area (Å²) < 4.78 is 13.7. The average molecular weight is 488 g/mol. The molecular formula is C24H27ClFN5O3. The number of hydrogen-bond acceptors (Lipinski definition) is 4. The molecule has 0 bridgehead atoms. The molecule has 180 valence electrons. The molecule has 1 aromatic carbocycles. The SMILES string of the molecule is CC1(C)CC(CC(C#N)NC(=O)C(CC2CC2)NC(=O)c2cc3cc(F)c(Cl)cc3[nH]2)C(=O)N1. The number of aromatic amines is 1. The summed E-state index contributed by atoms with van der Waals surface area (Å²) in [6.45, 7) is 3.83. The van der Waals surface area contributed by atoms with Crippen molar-refractivity contribution in [2.24, 2.45) is 11.8 Å². The summed E-state index contributed by atoms with van der Waals surface area (Å²) in [7, 11) is 0. The quantitative estimate of drug-likeness (QED) is 0.456. The van der Waals surface area contributed by atoms with Gasteiger partial charge < -0.3 is 20.9 Å². The van der Waals surface area contributed by atoms with Crippen LogP contribution in [0.25, 0.3) is 10.9 Å². The van der Waals surface area contributed by atoms with Gasteiger partial charge in [-0.05, 0) is 57.2 Å². The summed E-state index contributed by atoms with van der Waals surface area (Å²) in [5.74, 6) is -1.73. The molecule has 1 aliphatic carbocycles. The monoisotopic (exact) mass is 487 g/mol. The van der Waals surface area contributed by atoms with Gasteiger partial charge in [0, 0.05) is 22.4 Å². The van der Waals surface area contributed by atoms with Gasteiger partial charge >= 0.3 is 0 Å². The molecule has 2 aromatic rings. The van der Waals surface area contributed by atoms with Gasteiger partial charge in [-0.15, -0.1) is 0 Å². The summed E-state index contributed by atoms with van der Waals surface area (Å²) in [5, 5.41) is 18.3. The van der Waals surface area contributed by atoms with E-state index in [1.807, 2.05) is 13.8 Å². The molecule has 34 heavy (non-hydrogen) atoms. The molecule has 1 aliphatic heterocycles. The van der Waals surface area contributed by atoms with Gasteiger partial charge in [0.05, 0.1) is 11.1 Å². The number of rotatable bonds is 8. The van der Waals surface area contributed by atoms with Gasteiger partial charge in [-0.1, -0.05) is 24.4 Å². The molecular weight excluding hydrogens is 461 g/mol. The zero-order chi connectivity index (χ0) is 24.6. The summed E-state index contributed by atoms with van der Waals surface area (Å²) in [6.07, 6.45) is 3.18. The third-order valence-electron chi connectivity index (χ3n) is 6.38. The largest absolute Gasteiger partial charge is 0.351 e. The van der Waals surface area contributed by atoms with Crippen molar-refractivity contribution in [2.75, 3.05) is 0 Å². The molecule has 3 atom stereocenters. The van der Waals surface area contributed by atoms with Crippen LogP contribution < -0.4 is 16.0 Å². The highest BCUT2D eigenvalue weighted by Crippen LogP contribution is 2.34. The third-order valence-corrected chi connectivity index (χ3v) is 6.67. The Balaban J connectivity index is 1.43. The number of benzene rings is 1. The number of aromatic nitrogens is 1. The number of hydrogen-bond donors (Lipinski definition) is 4. The Morgan fingerprint density at radius 3 is 2.62 bits per heavy atom. The van der Waals surface area contributed by atoms with Crippen LogP contribution in [0.15, 0.2) is 18.2 Å². The summed E-state index contributed by atoms with van der Waals surface area (Å²) in [4.78, 5) is 41.0. The minimum absolute atomic E-state index is 0.0610. The molecule has 3 unspecified atom stereocenters. The topological polar surface area (TPSA) is 127 Å². The molecule has 2 aliphatic rings. The first-order valence-corrected chi connectivity index (χ1v) is 11.7. The molecule has 1 saturated carbocycles. The minimum atomic E-state index is -0.853. The second-order valence-corrected chi connectivity index (χ2v) is 10.3. The molecule has 0 radical (unpaired) electrons. The molecule has 0 spiro atoms. The predicted molar refractivity (Wildman–Crippen MR) is 124 cm³/mol. The first-order valence-electron chi connectivity index (χ1n) is 11.4. The molecule has 2 heterocycles. The summed E-state index contributed by atoms with van der Waals surface area (Å²) >= 11 is 5.81. The number of nitrogens with one attached hydrogen (secondary N) is 4. The lowest BCUT2D eigenvalue weighted by Crippen LogP contribution is -2.50. The molecule has 3 amide bonds. The van der Waals surface area contributed by atoms with Crippen LogP contribution >= 0.6 is 11.6 Å². The van der Waals surface area contributed by atoms with Crippen molar-refractivity contribution in [2.45, 2.75) is 63.6 Å². The first kappa shape index (κ1) is 24.0. The molecule has 2 fully saturated rings. The summed E-state index contributed by atoms with van der Waals surface area (Å²) in [6, 6.07) is 4.50. The fourth-order valence-electron chi connectivity index (χ4n) is 4.49. The molecule has 1 saturated heterocycles. The van der Waals surface area contributed by atoms with E-state index in [1.54, 1.807) is 0 Å². The minimum Gasteiger partial charge on any atom is -0.351 e. The second-order valence-electron chi connectivity index (χ2n) is 9.94. The maximum absolute atomic E-state index is 13.7. The van der Waals surface area contributed by atoms with Gasteiger partial charge in [-0.3, -0.25) is 14.4 Å². The van der Waals surface area contributed by atoms with Crippen molar-refractivity contribution in [3.8, 4) is 6.07 Å². The number of carbonyl (C=O) groups excluding carboxylic acids is 3. The van der Waals surface area contributed by atoms with Crippen molar-refractivity contribution in [3.63, 3.8) is 0 Å². The van der Waals surface area contributed by atoms with Gasteiger partial charge in [0.25, 0.3) is 5.91 Å². The highest BCUT2D eigenvalue weighted by molar-refractivity contribution is 6.31. The molecule has 8 nitrogen and oxygen atoms in total. The normalized spacial score (nSPS) is 20.9. The lowest BCUT2D eigenvalue weighted by Gasteiger charge is -2.21. The van der Waals surface area contributed by atoms with Crippen molar-refractivity contribution in [3.05, 3.63) is 34.7 Å². The van der Waals surface area contributed by atoms with E-state index < -0.39 is 29.7 Å². The van der Waals surface area contributed by atoms with Crippen LogP contribution in [0.1, 0.15) is 56.4 Å². The van der Waals surface area contributed by atoms with E-state index in [1.165, 1.54) is 18.2 Å². The zero-order valence-corrected chi connectivity index (χ0v) is 19.8. The molecule has 10 heteroatoms. The number of fused-ring (bicyclic) bond motifs is 1. The number of nitriles is 1. The Kier molecular flexibility index (Phi) is 6.54. The van der Waals surface area contributed by atoms with Crippen molar-refractivity contribution in [1.29, 1.82) is 5.26 Å². The van der Waals surface area contributed by atoms with E-state index in [0.29, 0.717) is 29.7 Å². The maximum atomic E-state index is 13.7. The van der Waals surface area contributed by atoms with E-state index in [4.69, 9.17) is 11.6 Å². The van der Waals surface area contributed by atoms with Gasteiger partial charge in [0.1, 0.15) is 23.6 Å². The van der Waals surface area contributed by atoms with E-state index in [9.17, 15) is 24.0 Å². The second kappa shape index (κ2) is 9.26. The number of nitrogens with zero attached hydrogens (tertiary/aromatic N) is 1. The number of H-pyrrole nitrogens is 1. The Labute approximate surface area is 201 Å². The number of halogens is 2. The average Bonchev–Trinajstić information content (AvgIpc) is 3.42. The third kappa shape index (κ3) is 5.50. The van der Waals surface area contributed by atoms with Gasteiger partial charge in [0.15, 0.2) is 0 Å². The smallest absolute Gasteiger partial charge is 0.268 e. The van der Waals surface area contributed by atoms with E-state index in [-0.39, 0.29) is 34.5 Å². The lowest BCUT2D eigenvalue weighted by molar-refractivity contribution is -0.125. The molecule has 1 aromatic heterocycles. The first-order chi connectivity index (χ1) is 16.0. The van der Waals surface area contributed by atoms with E-state index in [2.05, 4.69) is 27.0 Å². The van der Waals surface area contributed by atoms with Crippen LogP contribution in [0.3, 0.4) is 0 Å². The van der Waals surface area contributed by atoms with E-state index >= 15 is 0 Å². The Morgan fingerprint density at radius 2 is 2.00 bits per heavy atom. The maximum Gasteiger partial charge on any atom is 0.268 e. The van der Waals surface area contributed by atoms with Crippen molar-refractivity contribution >= 4 is 40.2 Å². The van der Waals surface area contributed by atoms with Gasteiger partial charge in [-0.25, -0.2) is 4.39 Å². The summed E-state index contributed by atoms with van der Waals surface area (Å²) in [5.41, 5.74) is 0.329. The zero-order valence-electron chi connectivity index (χ0n) is 19.0. The Bertz CT molecular complexity index is 1140. The fraction of sp³-hybridized carbons (Fsp3) is 0.500. The van der Waals surface area contributed by atoms with Gasteiger partial charge in [0.2, 0.25) is 11.8 Å². The van der Waals surface area contributed by atoms with Crippen LogP contribution in [0.2, 0.25) is 5.02 Å². The van der Waals surface area contributed by atoms with Crippen molar-refractivity contribution in [1.82, 2.24) is 20.9 Å². The molecule has 4 rings (SSSR count). The van der Waals surface area contributed by atoms with Crippen LogP contribution in [0, 0.1) is 29.0 Å². The molecule has 4 N–H and O–H groups in total. The van der Waals surface area contributed by atoms with E-state index in [0.717, 1.165) is 12.8 Å². The highest BCUT2D eigenvalue weighted by atomic mass is 35.5. The number of carbonyl (C=O) groups is 3. The van der Waals surface area contributed by atoms with Crippen molar-refractivity contribution < 1.29 is 18.8 Å².